The van der Waals surface area contributed by atoms with E-state index in [1.54, 1.807) is 12.3 Å². The summed E-state index contributed by atoms with van der Waals surface area (Å²) in [7, 11) is 0. The summed E-state index contributed by atoms with van der Waals surface area (Å²) in [5.41, 5.74) is -0.122. The van der Waals surface area contributed by atoms with E-state index >= 15 is 0 Å². The molecule has 6 nitrogen and oxygen atoms in total. The van der Waals surface area contributed by atoms with Crippen LogP contribution in [0.2, 0.25) is 5.15 Å². The van der Waals surface area contributed by atoms with Crippen LogP contribution in [-0.2, 0) is 5.54 Å². The first-order valence-electron chi connectivity index (χ1n) is 6.62. The molecular formula is C15H11ClN4O2. The lowest BCUT2D eigenvalue weighted by Gasteiger charge is -2.17. The number of hydrogen-bond donors (Lipinski definition) is 2. The van der Waals surface area contributed by atoms with Crippen LogP contribution in [0, 0.1) is 11.3 Å². The van der Waals surface area contributed by atoms with E-state index < -0.39 is 17.0 Å². The van der Waals surface area contributed by atoms with Crippen LogP contribution in [0.4, 0.5) is 0 Å². The van der Waals surface area contributed by atoms with Crippen molar-refractivity contribution in [1.82, 2.24) is 15.3 Å². The van der Waals surface area contributed by atoms with Crippen LogP contribution in [0.25, 0.3) is 0 Å². The highest BCUT2D eigenvalue weighted by molar-refractivity contribution is 6.29. The Kier molecular flexibility index (Phi) is 3.43. The monoisotopic (exact) mass is 314 g/mol. The lowest BCUT2D eigenvalue weighted by Crippen LogP contribution is -2.37. The van der Waals surface area contributed by atoms with Crippen molar-refractivity contribution in [3.05, 3.63) is 62.8 Å². The molecule has 1 aliphatic carbocycles. The molecule has 2 aromatic rings. The van der Waals surface area contributed by atoms with E-state index in [2.05, 4.69) is 15.3 Å². The van der Waals surface area contributed by atoms with Crippen LogP contribution in [-0.4, -0.2) is 15.9 Å². The standard InChI is InChI=1S/C15H11ClN4O2/c16-12-4-1-9(8-18-12)15(5-6-15)20-14(22)11-3-2-10(7-17)19-13(11)21/h1-4,8H,5-6H2,(H,19,21)(H,20,22). The third-order valence-corrected chi connectivity index (χ3v) is 3.88. The second-order valence-electron chi connectivity index (χ2n) is 5.13. The van der Waals surface area contributed by atoms with Crippen LogP contribution in [0.3, 0.4) is 0 Å². The van der Waals surface area contributed by atoms with Gasteiger partial charge in [0.05, 0.1) is 5.54 Å². The smallest absolute Gasteiger partial charge is 0.261 e. The molecule has 1 aliphatic rings. The Labute approximate surface area is 130 Å². The van der Waals surface area contributed by atoms with Crippen molar-refractivity contribution in [3.8, 4) is 6.07 Å². The SMILES string of the molecule is N#Cc1ccc(C(=O)NC2(c3ccc(Cl)nc3)CC2)c(=O)[nH]1. The highest BCUT2D eigenvalue weighted by atomic mass is 35.5. The van der Waals surface area contributed by atoms with Crippen LogP contribution in [0.15, 0.2) is 35.3 Å². The molecule has 0 saturated heterocycles. The highest BCUT2D eigenvalue weighted by Crippen LogP contribution is 2.45. The first kappa shape index (κ1) is 14.3. The number of halogens is 1. The van der Waals surface area contributed by atoms with E-state index in [9.17, 15) is 9.59 Å². The van der Waals surface area contributed by atoms with Crippen molar-refractivity contribution in [1.29, 1.82) is 5.26 Å². The average Bonchev–Trinajstić information content (AvgIpc) is 3.28. The van der Waals surface area contributed by atoms with Crippen LogP contribution < -0.4 is 10.9 Å². The van der Waals surface area contributed by atoms with Crippen molar-refractivity contribution < 1.29 is 4.79 Å². The minimum Gasteiger partial charge on any atom is -0.342 e. The number of carbonyl (C=O) groups excluding carboxylic acids is 1. The summed E-state index contributed by atoms with van der Waals surface area (Å²) in [6.07, 6.45) is 3.17. The molecule has 3 rings (SSSR count). The van der Waals surface area contributed by atoms with Crippen molar-refractivity contribution in [2.45, 2.75) is 18.4 Å². The second kappa shape index (κ2) is 5.28. The molecule has 0 unspecified atom stereocenters. The van der Waals surface area contributed by atoms with E-state index in [1.165, 1.54) is 12.1 Å². The molecule has 2 aromatic heterocycles. The Morgan fingerprint density at radius 3 is 2.68 bits per heavy atom. The summed E-state index contributed by atoms with van der Waals surface area (Å²) in [6, 6.07) is 8.05. The zero-order valence-electron chi connectivity index (χ0n) is 11.4. The van der Waals surface area contributed by atoms with Gasteiger partial charge in [0.2, 0.25) is 0 Å². The summed E-state index contributed by atoms with van der Waals surface area (Å²) in [5.74, 6) is -0.474. The number of rotatable bonds is 3. The molecule has 0 aliphatic heterocycles. The van der Waals surface area contributed by atoms with Crippen molar-refractivity contribution in [3.63, 3.8) is 0 Å². The minimum absolute atomic E-state index is 0.0211. The minimum atomic E-state index is -0.582. The van der Waals surface area contributed by atoms with Crippen LogP contribution in [0.1, 0.15) is 34.5 Å². The van der Waals surface area contributed by atoms with E-state index in [4.69, 9.17) is 16.9 Å². The number of H-pyrrole nitrogens is 1. The zero-order valence-corrected chi connectivity index (χ0v) is 12.1. The van der Waals surface area contributed by atoms with Crippen molar-refractivity contribution in [2.24, 2.45) is 0 Å². The Balaban J connectivity index is 1.84. The number of aromatic amines is 1. The summed E-state index contributed by atoms with van der Waals surface area (Å²) in [4.78, 5) is 30.5. The molecule has 7 heteroatoms. The Morgan fingerprint density at radius 1 is 1.36 bits per heavy atom. The van der Waals surface area contributed by atoms with E-state index in [-0.39, 0.29) is 11.3 Å². The molecule has 1 fully saturated rings. The molecule has 0 spiro atoms. The molecule has 2 N–H and O–H groups in total. The van der Waals surface area contributed by atoms with Gasteiger partial charge in [0.25, 0.3) is 11.5 Å². The maximum atomic E-state index is 12.3. The van der Waals surface area contributed by atoms with Gasteiger partial charge in [-0.05, 0) is 36.6 Å². The van der Waals surface area contributed by atoms with Gasteiger partial charge >= 0.3 is 0 Å². The Morgan fingerprint density at radius 2 is 2.14 bits per heavy atom. The molecule has 0 radical (unpaired) electrons. The fourth-order valence-electron chi connectivity index (χ4n) is 2.27. The zero-order chi connectivity index (χ0) is 15.7. The van der Waals surface area contributed by atoms with Gasteiger partial charge in [-0.25, -0.2) is 4.98 Å². The molecule has 0 bridgehead atoms. The number of hydrogen-bond acceptors (Lipinski definition) is 4. The van der Waals surface area contributed by atoms with Gasteiger partial charge in [-0.15, -0.1) is 0 Å². The highest BCUT2D eigenvalue weighted by Gasteiger charge is 2.46. The van der Waals surface area contributed by atoms with Gasteiger partial charge in [0.1, 0.15) is 22.5 Å². The summed E-state index contributed by atoms with van der Waals surface area (Å²) >= 11 is 5.76. The normalized spacial score (nSPS) is 14.9. The third-order valence-electron chi connectivity index (χ3n) is 3.66. The van der Waals surface area contributed by atoms with Crippen molar-refractivity contribution >= 4 is 17.5 Å². The fraction of sp³-hybridized carbons (Fsp3) is 0.200. The Hall–Kier alpha value is -2.65. The van der Waals surface area contributed by atoms with E-state index in [0.29, 0.717) is 5.15 Å². The van der Waals surface area contributed by atoms with Crippen LogP contribution in [0.5, 0.6) is 0 Å². The molecular weight excluding hydrogens is 304 g/mol. The lowest BCUT2D eigenvalue weighted by molar-refractivity contribution is 0.0929. The van der Waals surface area contributed by atoms with Gasteiger partial charge in [0, 0.05) is 6.20 Å². The number of carbonyl (C=O) groups is 1. The average molecular weight is 315 g/mol. The summed E-state index contributed by atoms with van der Waals surface area (Å²) in [5, 5.41) is 12.0. The summed E-state index contributed by atoms with van der Waals surface area (Å²) in [6.45, 7) is 0. The maximum Gasteiger partial charge on any atom is 0.261 e. The molecule has 0 aromatic carbocycles. The first-order valence-corrected chi connectivity index (χ1v) is 7.00. The lowest BCUT2D eigenvalue weighted by atomic mass is 10.1. The Bertz CT molecular complexity index is 832. The molecule has 110 valence electrons. The van der Waals surface area contributed by atoms with Gasteiger partial charge in [-0.2, -0.15) is 5.26 Å². The maximum absolute atomic E-state index is 12.3. The number of pyridine rings is 2. The van der Waals surface area contributed by atoms with E-state index in [1.807, 2.05) is 12.1 Å². The summed E-state index contributed by atoms with van der Waals surface area (Å²) < 4.78 is 0. The van der Waals surface area contributed by atoms with E-state index in [0.717, 1.165) is 18.4 Å². The predicted molar refractivity (Wildman–Crippen MR) is 79.4 cm³/mol. The number of nitrogens with zero attached hydrogens (tertiary/aromatic N) is 2. The number of aromatic nitrogens is 2. The quantitative estimate of drug-likeness (QED) is 0.842. The molecule has 1 amide bonds. The molecule has 22 heavy (non-hydrogen) atoms. The van der Waals surface area contributed by atoms with Gasteiger partial charge < -0.3 is 10.3 Å². The molecule has 1 saturated carbocycles. The number of nitrogens with one attached hydrogen (secondary N) is 2. The molecule has 2 heterocycles. The predicted octanol–water partition coefficient (Wildman–Crippen LogP) is 1.71. The van der Waals surface area contributed by atoms with Gasteiger partial charge in [0.15, 0.2) is 0 Å². The number of amides is 1. The third kappa shape index (κ3) is 2.59. The van der Waals surface area contributed by atoms with Gasteiger partial charge in [-0.1, -0.05) is 17.7 Å². The number of nitriles is 1. The first-order chi connectivity index (χ1) is 10.5. The van der Waals surface area contributed by atoms with Gasteiger partial charge in [-0.3, -0.25) is 9.59 Å². The second-order valence-corrected chi connectivity index (χ2v) is 5.52. The van der Waals surface area contributed by atoms with Crippen LogP contribution >= 0.6 is 11.6 Å². The fourth-order valence-corrected chi connectivity index (χ4v) is 2.38. The molecule has 0 atom stereocenters. The largest absolute Gasteiger partial charge is 0.342 e. The topological polar surface area (TPSA) is 98.6 Å². The van der Waals surface area contributed by atoms with Crippen molar-refractivity contribution in [2.75, 3.05) is 0 Å².